The summed E-state index contributed by atoms with van der Waals surface area (Å²) in [5.41, 5.74) is 0.593. The molecule has 0 spiro atoms. The molecule has 0 saturated heterocycles. The fraction of sp³-hybridized carbons (Fsp3) is 0.100. The fourth-order valence-corrected chi connectivity index (χ4v) is 2.47. The van der Waals surface area contributed by atoms with Crippen molar-refractivity contribution in [3.63, 3.8) is 0 Å². The molecule has 0 unspecified atom stereocenters. The first-order valence-electron chi connectivity index (χ1n) is 4.07. The predicted octanol–water partition coefficient (Wildman–Crippen LogP) is 1.91. The highest BCUT2D eigenvalue weighted by Crippen LogP contribution is 2.35. The summed E-state index contributed by atoms with van der Waals surface area (Å²) in [6, 6.07) is 5.04. The first kappa shape index (κ1) is 9.18. The third kappa shape index (κ3) is 1.20. The standard InChI is InChI=1S/C10H8O3S/c11-4-7-6-2-1-3-8(13)10(6)14-9(7)5-12/h1-3,5,11,13H,4H2. The Morgan fingerprint density at radius 1 is 1.43 bits per heavy atom. The van der Waals surface area contributed by atoms with Crippen LogP contribution in [0, 0.1) is 0 Å². The second-order valence-corrected chi connectivity index (χ2v) is 3.93. The van der Waals surface area contributed by atoms with Gasteiger partial charge in [-0.05, 0) is 6.07 Å². The van der Waals surface area contributed by atoms with E-state index in [9.17, 15) is 9.90 Å². The van der Waals surface area contributed by atoms with Gasteiger partial charge in [0.1, 0.15) is 5.75 Å². The van der Waals surface area contributed by atoms with Crippen molar-refractivity contribution < 1.29 is 15.0 Å². The van der Waals surface area contributed by atoms with Crippen LogP contribution in [-0.4, -0.2) is 16.5 Å². The van der Waals surface area contributed by atoms with Crippen LogP contribution < -0.4 is 0 Å². The van der Waals surface area contributed by atoms with Crippen LogP contribution in [0.25, 0.3) is 10.1 Å². The zero-order valence-corrected chi connectivity index (χ0v) is 8.04. The Morgan fingerprint density at radius 3 is 2.86 bits per heavy atom. The van der Waals surface area contributed by atoms with Gasteiger partial charge in [-0.3, -0.25) is 4.79 Å². The molecule has 0 aliphatic rings. The van der Waals surface area contributed by atoms with Crippen molar-refractivity contribution >= 4 is 27.7 Å². The summed E-state index contributed by atoms with van der Waals surface area (Å²) in [4.78, 5) is 11.2. The average Bonchev–Trinajstić information content (AvgIpc) is 2.57. The maximum absolute atomic E-state index is 10.7. The molecule has 0 radical (unpaired) electrons. The van der Waals surface area contributed by atoms with Gasteiger partial charge in [-0.1, -0.05) is 12.1 Å². The fourth-order valence-electron chi connectivity index (χ4n) is 1.43. The minimum atomic E-state index is -0.183. The number of rotatable bonds is 2. The van der Waals surface area contributed by atoms with Crippen LogP contribution in [0.5, 0.6) is 5.75 Å². The van der Waals surface area contributed by atoms with Crippen LogP contribution in [-0.2, 0) is 6.61 Å². The molecule has 0 atom stereocenters. The summed E-state index contributed by atoms with van der Waals surface area (Å²) >= 11 is 1.20. The van der Waals surface area contributed by atoms with E-state index in [1.54, 1.807) is 18.2 Å². The SMILES string of the molecule is O=Cc1sc2c(O)cccc2c1CO. The maximum Gasteiger partial charge on any atom is 0.160 e. The number of aromatic hydroxyl groups is 1. The van der Waals surface area contributed by atoms with E-state index in [2.05, 4.69) is 0 Å². The highest BCUT2D eigenvalue weighted by atomic mass is 32.1. The molecule has 72 valence electrons. The lowest BCUT2D eigenvalue weighted by molar-refractivity contribution is 0.112. The highest BCUT2D eigenvalue weighted by Gasteiger charge is 2.12. The van der Waals surface area contributed by atoms with Crippen LogP contribution >= 0.6 is 11.3 Å². The van der Waals surface area contributed by atoms with Crippen molar-refractivity contribution in [2.45, 2.75) is 6.61 Å². The molecule has 0 amide bonds. The molecule has 0 aliphatic heterocycles. The van der Waals surface area contributed by atoms with E-state index in [1.165, 1.54) is 11.3 Å². The number of carbonyl (C=O) groups excluding carboxylic acids is 1. The van der Waals surface area contributed by atoms with E-state index in [1.807, 2.05) is 0 Å². The summed E-state index contributed by atoms with van der Waals surface area (Å²) < 4.78 is 0.652. The second kappa shape index (κ2) is 3.40. The molecule has 1 heterocycles. The average molecular weight is 208 g/mol. The number of phenolic OH excluding ortho intramolecular Hbond substituents is 1. The van der Waals surface area contributed by atoms with Gasteiger partial charge < -0.3 is 10.2 Å². The molecule has 2 aromatic rings. The van der Waals surface area contributed by atoms with E-state index in [4.69, 9.17) is 5.11 Å². The van der Waals surface area contributed by atoms with Crippen molar-refractivity contribution in [2.75, 3.05) is 0 Å². The van der Waals surface area contributed by atoms with E-state index < -0.39 is 0 Å². The number of aliphatic hydroxyl groups excluding tert-OH is 1. The summed E-state index contributed by atoms with van der Waals surface area (Å²) in [5, 5.41) is 19.4. The molecule has 1 aromatic carbocycles. The van der Waals surface area contributed by atoms with Gasteiger partial charge in [0.25, 0.3) is 0 Å². The Morgan fingerprint density at radius 2 is 2.21 bits per heavy atom. The van der Waals surface area contributed by atoms with Gasteiger partial charge >= 0.3 is 0 Å². The zero-order chi connectivity index (χ0) is 10.1. The molecule has 14 heavy (non-hydrogen) atoms. The van der Waals surface area contributed by atoms with Crippen molar-refractivity contribution in [2.24, 2.45) is 0 Å². The van der Waals surface area contributed by atoms with Crippen molar-refractivity contribution in [1.29, 1.82) is 0 Å². The van der Waals surface area contributed by atoms with Gasteiger partial charge in [0.2, 0.25) is 0 Å². The summed E-state index contributed by atoms with van der Waals surface area (Å²) in [6.07, 6.45) is 0.704. The third-order valence-electron chi connectivity index (χ3n) is 2.09. The van der Waals surface area contributed by atoms with Gasteiger partial charge in [-0.15, -0.1) is 11.3 Å². The summed E-state index contributed by atoms with van der Waals surface area (Å²) in [6.45, 7) is -0.183. The molecule has 0 aliphatic carbocycles. The molecule has 2 N–H and O–H groups in total. The van der Waals surface area contributed by atoms with Gasteiger partial charge in [0.15, 0.2) is 6.29 Å². The lowest BCUT2D eigenvalue weighted by atomic mass is 10.1. The lowest BCUT2D eigenvalue weighted by Gasteiger charge is -1.95. The number of benzene rings is 1. The van der Waals surface area contributed by atoms with Crippen LogP contribution in [0.1, 0.15) is 15.2 Å². The Kier molecular flexibility index (Phi) is 2.23. The molecule has 3 nitrogen and oxygen atoms in total. The summed E-state index contributed by atoms with van der Waals surface area (Å²) in [7, 11) is 0. The Labute approximate surface area is 84.2 Å². The third-order valence-corrected chi connectivity index (χ3v) is 3.29. The van der Waals surface area contributed by atoms with Crippen LogP contribution in [0.4, 0.5) is 0 Å². The number of phenols is 1. The Balaban J connectivity index is 2.86. The lowest BCUT2D eigenvalue weighted by Crippen LogP contribution is -1.85. The molecule has 4 heteroatoms. The number of thiophene rings is 1. The van der Waals surface area contributed by atoms with E-state index in [0.29, 0.717) is 21.4 Å². The maximum atomic E-state index is 10.7. The molecule has 2 rings (SSSR count). The van der Waals surface area contributed by atoms with Crippen LogP contribution in [0.2, 0.25) is 0 Å². The predicted molar refractivity (Wildman–Crippen MR) is 54.8 cm³/mol. The van der Waals surface area contributed by atoms with E-state index in [0.717, 1.165) is 5.39 Å². The molecule has 0 saturated carbocycles. The number of aldehydes is 1. The largest absolute Gasteiger partial charge is 0.506 e. The molecule has 0 fully saturated rings. The number of hydrogen-bond donors (Lipinski definition) is 2. The van der Waals surface area contributed by atoms with Crippen molar-refractivity contribution in [3.05, 3.63) is 28.6 Å². The minimum Gasteiger partial charge on any atom is -0.506 e. The smallest absolute Gasteiger partial charge is 0.160 e. The van der Waals surface area contributed by atoms with Crippen LogP contribution in [0.15, 0.2) is 18.2 Å². The van der Waals surface area contributed by atoms with Gasteiger partial charge in [0, 0.05) is 10.9 Å². The van der Waals surface area contributed by atoms with E-state index >= 15 is 0 Å². The number of hydrogen-bond acceptors (Lipinski definition) is 4. The van der Waals surface area contributed by atoms with Crippen molar-refractivity contribution in [1.82, 2.24) is 0 Å². The minimum absolute atomic E-state index is 0.148. The van der Waals surface area contributed by atoms with Crippen molar-refractivity contribution in [3.8, 4) is 5.75 Å². The summed E-state index contributed by atoms with van der Waals surface area (Å²) in [5.74, 6) is 0.148. The Hall–Kier alpha value is -1.39. The monoisotopic (exact) mass is 208 g/mol. The number of fused-ring (bicyclic) bond motifs is 1. The Bertz CT molecular complexity index is 487. The number of aliphatic hydroxyl groups is 1. The first-order valence-corrected chi connectivity index (χ1v) is 4.89. The first-order chi connectivity index (χ1) is 6.77. The van der Waals surface area contributed by atoms with Gasteiger partial charge in [0.05, 0.1) is 16.2 Å². The second-order valence-electron chi connectivity index (χ2n) is 2.87. The number of carbonyl (C=O) groups is 1. The molecule has 1 aromatic heterocycles. The highest BCUT2D eigenvalue weighted by molar-refractivity contribution is 7.21. The topological polar surface area (TPSA) is 57.5 Å². The zero-order valence-electron chi connectivity index (χ0n) is 7.23. The van der Waals surface area contributed by atoms with Gasteiger partial charge in [-0.25, -0.2) is 0 Å². The normalized spacial score (nSPS) is 10.6. The molecule has 0 bridgehead atoms. The van der Waals surface area contributed by atoms with Gasteiger partial charge in [-0.2, -0.15) is 0 Å². The quantitative estimate of drug-likeness (QED) is 0.741. The van der Waals surface area contributed by atoms with Crippen LogP contribution in [0.3, 0.4) is 0 Å². The molecular formula is C10H8O3S. The van der Waals surface area contributed by atoms with E-state index in [-0.39, 0.29) is 12.4 Å². The molecular weight excluding hydrogens is 200 g/mol.